The van der Waals surface area contributed by atoms with Gasteiger partial charge in [-0.25, -0.2) is 4.99 Å². The Labute approximate surface area is 232 Å². The van der Waals surface area contributed by atoms with Crippen LogP contribution in [0.25, 0.3) is 33.4 Å². The lowest BCUT2D eigenvalue weighted by molar-refractivity contribution is 0.593. The highest BCUT2D eigenvalue weighted by Gasteiger charge is 2.23. The SMILES string of the molecule is Cc1c(C=Nc2oc(-c3ccccc3)c(-c3ccccc3)c2C#N)c2ccccc2n1Cc1ccccc1Cl. The van der Waals surface area contributed by atoms with Crippen LogP contribution in [0.3, 0.4) is 0 Å². The van der Waals surface area contributed by atoms with Gasteiger partial charge in [-0.2, -0.15) is 5.26 Å². The van der Waals surface area contributed by atoms with E-state index in [1.54, 1.807) is 0 Å². The van der Waals surface area contributed by atoms with E-state index >= 15 is 0 Å². The highest BCUT2D eigenvalue weighted by Crippen LogP contribution is 2.42. The molecule has 0 radical (unpaired) electrons. The number of aliphatic imine (C=N–C) groups is 1. The van der Waals surface area contributed by atoms with E-state index in [9.17, 15) is 5.26 Å². The summed E-state index contributed by atoms with van der Waals surface area (Å²) >= 11 is 6.49. The number of hydrogen-bond donors (Lipinski definition) is 0. The molecule has 0 amide bonds. The van der Waals surface area contributed by atoms with Gasteiger partial charge in [0, 0.05) is 51.1 Å². The van der Waals surface area contributed by atoms with Crippen molar-refractivity contribution < 1.29 is 4.42 Å². The molecule has 0 saturated carbocycles. The zero-order chi connectivity index (χ0) is 26.8. The van der Waals surface area contributed by atoms with Crippen molar-refractivity contribution in [1.82, 2.24) is 4.57 Å². The number of para-hydroxylation sites is 1. The van der Waals surface area contributed by atoms with Crippen molar-refractivity contribution in [2.45, 2.75) is 13.5 Å². The Morgan fingerprint density at radius 3 is 2.21 bits per heavy atom. The molecule has 0 aliphatic carbocycles. The monoisotopic (exact) mass is 525 g/mol. The fraction of sp³-hybridized carbons (Fsp3) is 0.0588. The average molecular weight is 526 g/mol. The molecular weight excluding hydrogens is 502 g/mol. The van der Waals surface area contributed by atoms with Crippen molar-refractivity contribution in [3.8, 4) is 28.5 Å². The summed E-state index contributed by atoms with van der Waals surface area (Å²) in [5.74, 6) is 0.918. The minimum Gasteiger partial charge on any atom is -0.436 e. The van der Waals surface area contributed by atoms with Gasteiger partial charge < -0.3 is 8.98 Å². The number of nitriles is 1. The van der Waals surface area contributed by atoms with Gasteiger partial charge in [-0.3, -0.25) is 0 Å². The lowest BCUT2D eigenvalue weighted by Crippen LogP contribution is -2.02. The Hall–Kier alpha value is -4.85. The average Bonchev–Trinajstić information content (AvgIpc) is 3.48. The van der Waals surface area contributed by atoms with Crippen LogP contribution in [0, 0.1) is 18.3 Å². The zero-order valence-corrected chi connectivity index (χ0v) is 22.1. The van der Waals surface area contributed by atoms with E-state index in [2.05, 4.69) is 29.7 Å². The first-order valence-corrected chi connectivity index (χ1v) is 13.1. The first-order valence-electron chi connectivity index (χ1n) is 12.7. The minimum atomic E-state index is 0.289. The van der Waals surface area contributed by atoms with Gasteiger partial charge in [0.15, 0.2) is 0 Å². The zero-order valence-electron chi connectivity index (χ0n) is 21.3. The van der Waals surface area contributed by atoms with Crippen molar-refractivity contribution in [3.63, 3.8) is 0 Å². The summed E-state index contributed by atoms with van der Waals surface area (Å²) in [5, 5.41) is 12.0. The molecule has 0 unspecified atom stereocenters. The predicted molar refractivity (Wildman–Crippen MR) is 159 cm³/mol. The maximum atomic E-state index is 10.2. The van der Waals surface area contributed by atoms with Gasteiger partial charge in [0.1, 0.15) is 17.4 Å². The molecular formula is C34H24ClN3O. The Kier molecular flexibility index (Phi) is 6.59. The van der Waals surface area contributed by atoms with Crippen LogP contribution in [-0.2, 0) is 6.54 Å². The van der Waals surface area contributed by atoms with E-state index < -0.39 is 0 Å². The molecule has 6 rings (SSSR count). The van der Waals surface area contributed by atoms with E-state index in [0.717, 1.165) is 49.4 Å². The second kappa shape index (κ2) is 10.5. The number of benzene rings is 4. The first-order chi connectivity index (χ1) is 19.2. The second-order valence-corrected chi connectivity index (χ2v) is 9.69. The van der Waals surface area contributed by atoms with Crippen LogP contribution in [-0.4, -0.2) is 10.8 Å². The number of aromatic nitrogens is 1. The Balaban J connectivity index is 1.49. The molecule has 0 N–H and O–H groups in total. The molecule has 5 heteroatoms. The van der Waals surface area contributed by atoms with Crippen molar-refractivity contribution in [2.75, 3.05) is 0 Å². The highest BCUT2D eigenvalue weighted by molar-refractivity contribution is 6.31. The third kappa shape index (κ3) is 4.54. The standard InChI is InChI=1S/C34H24ClN3O/c1-23-29(27-17-9-11-19-31(27)38(23)22-26-16-8-10-18-30(26)35)21-37-34-28(20-36)32(24-12-4-2-5-13-24)33(39-34)25-14-6-3-7-15-25/h2-19,21H,22H2,1H3. The molecule has 0 bridgehead atoms. The molecule has 39 heavy (non-hydrogen) atoms. The van der Waals surface area contributed by atoms with Crippen molar-refractivity contribution >= 4 is 34.6 Å². The van der Waals surface area contributed by atoms with Gasteiger partial charge in [-0.15, -0.1) is 0 Å². The molecule has 6 aromatic rings. The van der Waals surface area contributed by atoms with E-state index in [4.69, 9.17) is 21.0 Å². The summed E-state index contributed by atoms with van der Waals surface area (Å²) in [6, 6.07) is 38.2. The Morgan fingerprint density at radius 2 is 1.49 bits per heavy atom. The summed E-state index contributed by atoms with van der Waals surface area (Å²) in [5.41, 5.74) is 7.11. The molecule has 0 atom stereocenters. The topological polar surface area (TPSA) is 54.2 Å². The van der Waals surface area contributed by atoms with E-state index in [0.29, 0.717) is 17.9 Å². The maximum Gasteiger partial charge on any atom is 0.238 e. The van der Waals surface area contributed by atoms with Gasteiger partial charge >= 0.3 is 0 Å². The predicted octanol–water partition coefficient (Wildman–Crippen LogP) is 9.20. The summed E-state index contributed by atoms with van der Waals surface area (Å²) in [7, 11) is 0. The molecule has 2 aromatic heterocycles. The number of hydrogen-bond acceptors (Lipinski definition) is 3. The number of fused-ring (bicyclic) bond motifs is 1. The molecule has 0 aliphatic rings. The molecule has 0 fully saturated rings. The fourth-order valence-corrected chi connectivity index (χ4v) is 5.23. The molecule has 0 saturated heterocycles. The fourth-order valence-electron chi connectivity index (χ4n) is 5.03. The highest BCUT2D eigenvalue weighted by atomic mass is 35.5. The number of halogens is 1. The van der Waals surface area contributed by atoms with Gasteiger partial charge in [0.25, 0.3) is 0 Å². The Morgan fingerprint density at radius 1 is 0.846 bits per heavy atom. The largest absolute Gasteiger partial charge is 0.436 e. The number of furan rings is 1. The third-order valence-corrected chi connectivity index (χ3v) is 7.35. The van der Waals surface area contributed by atoms with Crippen LogP contribution >= 0.6 is 11.6 Å². The number of nitrogens with zero attached hydrogens (tertiary/aromatic N) is 3. The van der Waals surface area contributed by atoms with E-state index in [1.807, 2.05) is 103 Å². The van der Waals surface area contributed by atoms with Crippen LogP contribution in [0.15, 0.2) is 119 Å². The lowest BCUT2D eigenvalue weighted by atomic mass is 9.98. The normalized spacial score (nSPS) is 11.3. The van der Waals surface area contributed by atoms with Crippen LogP contribution in [0.4, 0.5) is 5.88 Å². The Bertz CT molecular complexity index is 1860. The third-order valence-electron chi connectivity index (χ3n) is 6.98. The van der Waals surface area contributed by atoms with Gasteiger partial charge in [-0.05, 0) is 30.2 Å². The lowest BCUT2D eigenvalue weighted by Gasteiger charge is -2.10. The molecule has 2 heterocycles. The summed E-state index contributed by atoms with van der Waals surface area (Å²) in [6.45, 7) is 2.72. The van der Waals surface area contributed by atoms with Gasteiger partial charge in [-0.1, -0.05) is 109 Å². The van der Waals surface area contributed by atoms with Crippen LogP contribution in [0.1, 0.15) is 22.4 Å². The molecule has 4 nitrogen and oxygen atoms in total. The van der Waals surface area contributed by atoms with Crippen molar-refractivity contribution in [3.05, 3.63) is 137 Å². The molecule has 0 aliphatic heterocycles. The second-order valence-electron chi connectivity index (χ2n) is 9.28. The van der Waals surface area contributed by atoms with E-state index in [-0.39, 0.29) is 5.88 Å². The molecule has 0 spiro atoms. The molecule has 4 aromatic carbocycles. The van der Waals surface area contributed by atoms with Gasteiger partial charge in [0.05, 0.1) is 0 Å². The summed E-state index contributed by atoms with van der Waals surface area (Å²) < 4.78 is 8.57. The summed E-state index contributed by atoms with van der Waals surface area (Å²) in [6.07, 6.45) is 1.81. The van der Waals surface area contributed by atoms with Crippen LogP contribution in [0.5, 0.6) is 0 Å². The summed E-state index contributed by atoms with van der Waals surface area (Å²) in [4.78, 5) is 4.77. The van der Waals surface area contributed by atoms with E-state index in [1.165, 1.54) is 0 Å². The van der Waals surface area contributed by atoms with Crippen LogP contribution < -0.4 is 0 Å². The first kappa shape index (κ1) is 24.5. The molecule has 188 valence electrons. The minimum absolute atomic E-state index is 0.289. The smallest absolute Gasteiger partial charge is 0.238 e. The van der Waals surface area contributed by atoms with Crippen molar-refractivity contribution in [1.29, 1.82) is 5.26 Å². The quantitative estimate of drug-likeness (QED) is 0.203. The maximum absolute atomic E-state index is 10.2. The van der Waals surface area contributed by atoms with Gasteiger partial charge in [0.2, 0.25) is 5.88 Å². The van der Waals surface area contributed by atoms with Crippen LogP contribution in [0.2, 0.25) is 5.02 Å². The number of rotatable bonds is 6. The van der Waals surface area contributed by atoms with Crippen molar-refractivity contribution in [2.24, 2.45) is 4.99 Å².